The molecule has 0 bridgehead atoms. The summed E-state index contributed by atoms with van der Waals surface area (Å²) in [4.78, 5) is 28.9. The molecule has 2 saturated heterocycles. The summed E-state index contributed by atoms with van der Waals surface area (Å²) in [6, 6.07) is 7.51. The second kappa shape index (κ2) is 6.89. The number of hydrogen-bond donors (Lipinski definition) is 1. The van der Waals surface area contributed by atoms with Crippen molar-refractivity contribution in [2.75, 3.05) is 31.6 Å². The Hall–Kier alpha value is -1.59. The zero-order valence-electron chi connectivity index (χ0n) is 13.3. The number of rotatable bonds is 3. The van der Waals surface area contributed by atoms with Gasteiger partial charge in [-0.3, -0.25) is 9.59 Å². The Morgan fingerprint density at radius 3 is 2.65 bits per heavy atom. The quantitative estimate of drug-likeness (QED) is 0.858. The number of nitrogens with one attached hydrogen (secondary N) is 1. The maximum absolute atomic E-state index is 12.7. The number of carbonyl (C=O) groups is 2. The molecule has 1 aromatic carbocycles. The molecule has 0 aromatic heterocycles. The smallest absolute Gasteiger partial charge is 0.239 e. The van der Waals surface area contributed by atoms with Crippen molar-refractivity contribution >= 4 is 29.1 Å². The summed E-state index contributed by atoms with van der Waals surface area (Å²) < 4.78 is 0. The van der Waals surface area contributed by atoms with Crippen molar-refractivity contribution < 1.29 is 9.59 Å². The lowest BCUT2D eigenvalue weighted by Crippen LogP contribution is -2.49. The van der Waals surface area contributed by atoms with Crippen molar-refractivity contribution in [3.63, 3.8) is 0 Å². The molecule has 2 amide bonds. The first-order valence-electron chi connectivity index (χ1n) is 8.13. The van der Waals surface area contributed by atoms with Crippen LogP contribution in [0.3, 0.4) is 0 Å². The predicted octanol–water partition coefficient (Wildman–Crippen LogP) is 1.90. The molecule has 2 atom stereocenters. The van der Waals surface area contributed by atoms with Crippen LogP contribution in [0.4, 0.5) is 5.69 Å². The molecule has 2 unspecified atom stereocenters. The summed E-state index contributed by atoms with van der Waals surface area (Å²) >= 11 is 5.89. The highest BCUT2D eigenvalue weighted by Gasteiger charge is 2.40. The summed E-state index contributed by atoms with van der Waals surface area (Å²) in [5.74, 6) is -0.656. The molecular formula is C17H22ClN3O2. The molecule has 5 nitrogen and oxygen atoms in total. The van der Waals surface area contributed by atoms with Gasteiger partial charge in [0.1, 0.15) is 5.92 Å². The number of likely N-dealkylation sites (tertiary alicyclic amines) is 1. The molecule has 6 heteroatoms. The second-order valence-electron chi connectivity index (χ2n) is 6.22. The molecule has 1 aromatic rings. The Bertz CT molecular complexity index is 590. The normalized spacial score (nSPS) is 25.0. The van der Waals surface area contributed by atoms with E-state index in [-0.39, 0.29) is 11.8 Å². The summed E-state index contributed by atoms with van der Waals surface area (Å²) in [5, 5.41) is 3.87. The third kappa shape index (κ3) is 3.35. The molecule has 0 saturated carbocycles. The highest BCUT2D eigenvalue weighted by atomic mass is 35.5. The van der Waals surface area contributed by atoms with Crippen LogP contribution in [0.5, 0.6) is 0 Å². The molecular weight excluding hydrogens is 314 g/mol. The van der Waals surface area contributed by atoms with Crippen molar-refractivity contribution in [3.8, 4) is 0 Å². The first-order valence-corrected chi connectivity index (χ1v) is 8.51. The minimum Gasteiger partial charge on any atom is -0.340 e. The number of anilines is 1. The lowest BCUT2D eigenvalue weighted by atomic mass is 10.0. The minimum atomic E-state index is -0.540. The molecule has 1 N–H and O–H groups in total. The number of likely N-dealkylation sites (N-methyl/N-ethyl adjacent to an activating group) is 1. The molecule has 124 valence electrons. The number of nitrogens with zero attached hydrogens (tertiary/aromatic N) is 2. The highest BCUT2D eigenvalue weighted by Crippen LogP contribution is 2.28. The fourth-order valence-corrected chi connectivity index (χ4v) is 3.55. The largest absolute Gasteiger partial charge is 0.340 e. The lowest BCUT2D eigenvalue weighted by molar-refractivity contribution is -0.140. The summed E-state index contributed by atoms with van der Waals surface area (Å²) in [6.45, 7) is 2.03. The molecule has 2 heterocycles. The molecule has 0 spiro atoms. The molecule has 0 radical (unpaired) electrons. The maximum atomic E-state index is 12.7. The van der Waals surface area contributed by atoms with Gasteiger partial charge in [-0.1, -0.05) is 11.6 Å². The van der Waals surface area contributed by atoms with E-state index in [2.05, 4.69) is 5.32 Å². The van der Waals surface area contributed by atoms with E-state index in [9.17, 15) is 9.59 Å². The van der Waals surface area contributed by atoms with Gasteiger partial charge in [0.05, 0.1) is 0 Å². The van der Waals surface area contributed by atoms with E-state index in [4.69, 9.17) is 11.6 Å². The van der Waals surface area contributed by atoms with Crippen LogP contribution in [0.2, 0.25) is 5.02 Å². The number of carbonyl (C=O) groups excluding carboxylic acids is 2. The molecule has 23 heavy (non-hydrogen) atoms. The number of halogens is 1. The fraction of sp³-hybridized carbons (Fsp3) is 0.529. The Balaban J connectivity index is 1.68. The van der Waals surface area contributed by atoms with Crippen LogP contribution in [-0.4, -0.2) is 49.4 Å². The minimum absolute atomic E-state index is 0.0218. The average Bonchev–Trinajstić information content (AvgIpc) is 2.96. The Morgan fingerprint density at radius 1 is 1.22 bits per heavy atom. The van der Waals surface area contributed by atoms with Crippen LogP contribution in [0, 0.1) is 5.92 Å². The van der Waals surface area contributed by atoms with Gasteiger partial charge in [-0.05, 0) is 50.6 Å². The van der Waals surface area contributed by atoms with Crippen molar-refractivity contribution in [2.45, 2.75) is 25.3 Å². The van der Waals surface area contributed by atoms with E-state index >= 15 is 0 Å². The first kappa shape index (κ1) is 16.3. The Labute approximate surface area is 141 Å². The SMILES string of the molecule is CNC1CCCN(C(=O)C2CCN(c3ccc(Cl)cc3)C2=O)C1. The maximum Gasteiger partial charge on any atom is 0.239 e. The zero-order chi connectivity index (χ0) is 16.4. The van der Waals surface area contributed by atoms with E-state index < -0.39 is 5.92 Å². The van der Waals surface area contributed by atoms with Crippen molar-refractivity contribution in [2.24, 2.45) is 5.92 Å². The van der Waals surface area contributed by atoms with Crippen molar-refractivity contribution in [1.29, 1.82) is 0 Å². The van der Waals surface area contributed by atoms with Gasteiger partial charge < -0.3 is 15.1 Å². The van der Waals surface area contributed by atoms with E-state index in [0.717, 1.165) is 25.1 Å². The number of piperidine rings is 1. The summed E-state index contributed by atoms with van der Waals surface area (Å²) in [7, 11) is 1.92. The van der Waals surface area contributed by atoms with Crippen molar-refractivity contribution in [3.05, 3.63) is 29.3 Å². The van der Waals surface area contributed by atoms with Crippen molar-refractivity contribution in [1.82, 2.24) is 10.2 Å². The van der Waals surface area contributed by atoms with Crippen LogP contribution in [-0.2, 0) is 9.59 Å². The average molecular weight is 336 g/mol. The topological polar surface area (TPSA) is 52.7 Å². The van der Waals surface area contributed by atoms with E-state index in [1.807, 2.05) is 24.1 Å². The zero-order valence-corrected chi connectivity index (χ0v) is 14.1. The van der Waals surface area contributed by atoms with Gasteiger partial charge in [0, 0.05) is 36.4 Å². The highest BCUT2D eigenvalue weighted by molar-refractivity contribution is 6.30. The van der Waals surface area contributed by atoms with Gasteiger partial charge >= 0.3 is 0 Å². The third-order valence-electron chi connectivity index (χ3n) is 4.78. The van der Waals surface area contributed by atoms with Gasteiger partial charge in [0.25, 0.3) is 0 Å². The van der Waals surface area contributed by atoms with E-state index in [1.165, 1.54) is 0 Å². The third-order valence-corrected chi connectivity index (χ3v) is 5.04. The number of amides is 2. The molecule has 2 aliphatic heterocycles. The van der Waals surface area contributed by atoms with Gasteiger partial charge in [0.15, 0.2) is 0 Å². The van der Waals surface area contributed by atoms with Crippen LogP contribution >= 0.6 is 11.6 Å². The van der Waals surface area contributed by atoms with Gasteiger partial charge in [-0.2, -0.15) is 0 Å². The van der Waals surface area contributed by atoms with E-state index in [1.54, 1.807) is 17.0 Å². The summed E-state index contributed by atoms with van der Waals surface area (Å²) in [6.07, 6.45) is 2.65. The first-order chi connectivity index (χ1) is 11.1. The van der Waals surface area contributed by atoms with Crippen LogP contribution in [0.1, 0.15) is 19.3 Å². The van der Waals surface area contributed by atoms with Crippen LogP contribution < -0.4 is 10.2 Å². The summed E-state index contributed by atoms with van der Waals surface area (Å²) in [5.41, 5.74) is 0.807. The van der Waals surface area contributed by atoms with Gasteiger partial charge in [0.2, 0.25) is 11.8 Å². The molecule has 2 aliphatic rings. The fourth-order valence-electron chi connectivity index (χ4n) is 3.42. The number of benzene rings is 1. The molecule has 0 aliphatic carbocycles. The monoisotopic (exact) mass is 335 g/mol. The number of hydrogen-bond acceptors (Lipinski definition) is 3. The Morgan fingerprint density at radius 2 is 1.96 bits per heavy atom. The van der Waals surface area contributed by atoms with Crippen LogP contribution in [0.25, 0.3) is 0 Å². The lowest BCUT2D eigenvalue weighted by Gasteiger charge is -2.33. The van der Waals surface area contributed by atoms with Gasteiger partial charge in [-0.25, -0.2) is 0 Å². The Kier molecular flexibility index (Phi) is 4.87. The molecule has 3 rings (SSSR count). The van der Waals surface area contributed by atoms with E-state index in [0.29, 0.717) is 30.6 Å². The predicted molar refractivity (Wildman–Crippen MR) is 90.6 cm³/mol. The second-order valence-corrected chi connectivity index (χ2v) is 6.66. The standard InChI is InChI=1S/C17H22ClN3O2/c1-19-13-3-2-9-20(11-13)16(22)15-8-10-21(17(15)23)14-6-4-12(18)5-7-14/h4-7,13,15,19H,2-3,8-11H2,1H3. The van der Waals surface area contributed by atoms with Crippen LogP contribution in [0.15, 0.2) is 24.3 Å². The van der Waals surface area contributed by atoms with Gasteiger partial charge in [-0.15, -0.1) is 0 Å². The molecule has 2 fully saturated rings.